The Kier molecular flexibility index (Phi) is 5.20. The highest BCUT2D eigenvalue weighted by Gasteiger charge is 2.22. The maximum atomic E-state index is 11.7. The van der Waals surface area contributed by atoms with E-state index in [9.17, 15) is 4.79 Å². The maximum Gasteiger partial charge on any atom is 0.260 e. The van der Waals surface area contributed by atoms with E-state index in [0.717, 1.165) is 25.0 Å². The van der Waals surface area contributed by atoms with Crippen LogP contribution in [0.2, 0.25) is 0 Å². The first kappa shape index (κ1) is 12.6. The number of carbonyl (C=O) groups is 1. The summed E-state index contributed by atoms with van der Waals surface area (Å²) in [5, 5.41) is 0. The molecule has 0 spiro atoms. The zero-order chi connectivity index (χ0) is 11.3. The van der Waals surface area contributed by atoms with Crippen molar-refractivity contribution >= 4 is 29.1 Å². The van der Waals surface area contributed by atoms with Crippen LogP contribution in [-0.4, -0.2) is 22.2 Å². The van der Waals surface area contributed by atoms with Crippen molar-refractivity contribution < 1.29 is 4.79 Å². The fourth-order valence-corrected chi connectivity index (χ4v) is 1.90. The normalized spacial score (nSPS) is 16.1. The lowest BCUT2D eigenvalue weighted by Crippen LogP contribution is -2.34. The molecule has 15 heavy (non-hydrogen) atoms. The summed E-state index contributed by atoms with van der Waals surface area (Å²) in [6, 6.07) is 0. The summed E-state index contributed by atoms with van der Waals surface area (Å²) < 4.78 is 0. The first-order valence-corrected chi connectivity index (χ1v) is 5.93. The van der Waals surface area contributed by atoms with Crippen molar-refractivity contribution in [3.63, 3.8) is 0 Å². The summed E-state index contributed by atoms with van der Waals surface area (Å²) in [5.74, 6) is -0.258. The van der Waals surface area contributed by atoms with Gasteiger partial charge >= 0.3 is 0 Å². The molecule has 0 unspecified atom stereocenters. The Balaban J connectivity index is 2.76. The second-order valence-electron chi connectivity index (χ2n) is 3.48. The van der Waals surface area contributed by atoms with Gasteiger partial charge in [0.2, 0.25) is 0 Å². The Morgan fingerprint density at radius 2 is 2.33 bits per heavy atom. The Bertz CT molecular complexity index is 274. The monoisotopic (exact) mass is 247 g/mol. The van der Waals surface area contributed by atoms with Gasteiger partial charge in [0.15, 0.2) is 4.84 Å². The summed E-state index contributed by atoms with van der Waals surface area (Å²) in [7, 11) is 0. The molecule has 0 aliphatic heterocycles. The molecule has 0 bridgehead atoms. The van der Waals surface area contributed by atoms with E-state index < -0.39 is 4.84 Å². The minimum absolute atomic E-state index is 0.258. The average molecular weight is 248 g/mol. The molecule has 0 heterocycles. The van der Waals surface area contributed by atoms with Gasteiger partial charge in [0.05, 0.1) is 0 Å². The van der Waals surface area contributed by atoms with Gasteiger partial charge in [0.25, 0.3) is 5.91 Å². The zero-order valence-electron chi connectivity index (χ0n) is 8.59. The number of alkyl halides is 2. The van der Waals surface area contributed by atoms with Crippen LogP contribution in [0.1, 0.15) is 25.7 Å². The molecule has 1 aliphatic rings. The van der Waals surface area contributed by atoms with Gasteiger partial charge in [-0.05, 0) is 25.7 Å². The Morgan fingerprint density at radius 3 is 2.80 bits per heavy atom. The molecule has 1 aliphatic carbocycles. The third kappa shape index (κ3) is 3.54. The predicted molar refractivity (Wildman–Crippen MR) is 64.0 cm³/mol. The van der Waals surface area contributed by atoms with Gasteiger partial charge in [-0.25, -0.2) is 0 Å². The first-order valence-electron chi connectivity index (χ1n) is 5.06. The Hall–Kier alpha value is -0.470. The second kappa shape index (κ2) is 6.19. The van der Waals surface area contributed by atoms with Gasteiger partial charge in [-0.15, -0.1) is 6.58 Å². The highest BCUT2D eigenvalue weighted by molar-refractivity contribution is 6.53. The summed E-state index contributed by atoms with van der Waals surface area (Å²) in [5.41, 5.74) is 1.03. The van der Waals surface area contributed by atoms with Crippen molar-refractivity contribution in [1.29, 1.82) is 0 Å². The summed E-state index contributed by atoms with van der Waals surface area (Å²) in [4.78, 5) is 12.3. The first-order chi connectivity index (χ1) is 7.16. The number of nitrogens with zero attached hydrogens (tertiary/aromatic N) is 1. The smallest absolute Gasteiger partial charge is 0.260 e. The summed E-state index contributed by atoms with van der Waals surface area (Å²) in [6.45, 7) is 4.10. The van der Waals surface area contributed by atoms with Crippen LogP contribution in [0.25, 0.3) is 0 Å². The highest BCUT2D eigenvalue weighted by atomic mass is 35.5. The molecule has 0 fully saturated rings. The van der Waals surface area contributed by atoms with Gasteiger partial charge < -0.3 is 4.90 Å². The van der Waals surface area contributed by atoms with Crippen molar-refractivity contribution in [3.05, 3.63) is 24.4 Å². The van der Waals surface area contributed by atoms with E-state index in [4.69, 9.17) is 23.2 Å². The van der Waals surface area contributed by atoms with Gasteiger partial charge in [0.1, 0.15) is 0 Å². The molecule has 0 saturated heterocycles. The van der Waals surface area contributed by atoms with Crippen molar-refractivity contribution in [1.82, 2.24) is 4.90 Å². The van der Waals surface area contributed by atoms with E-state index in [1.165, 1.54) is 6.42 Å². The van der Waals surface area contributed by atoms with Gasteiger partial charge in [-0.2, -0.15) is 0 Å². The lowest BCUT2D eigenvalue weighted by molar-refractivity contribution is -0.127. The van der Waals surface area contributed by atoms with E-state index in [1.54, 1.807) is 11.0 Å². The number of amides is 1. The summed E-state index contributed by atoms with van der Waals surface area (Å²) in [6.07, 6.45) is 8.00. The molecule has 0 aromatic rings. The molecule has 0 radical (unpaired) electrons. The molecular weight excluding hydrogens is 233 g/mol. The molecule has 1 rings (SSSR count). The highest BCUT2D eigenvalue weighted by Crippen LogP contribution is 2.23. The van der Waals surface area contributed by atoms with Crippen molar-refractivity contribution in [2.75, 3.05) is 6.54 Å². The predicted octanol–water partition coefficient (Wildman–Crippen LogP) is 3.26. The van der Waals surface area contributed by atoms with E-state index in [2.05, 4.69) is 12.7 Å². The minimum atomic E-state index is -0.993. The van der Waals surface area contributed by atoms with Crippen LogP contribution < -0.4 is 0 Å². The second-order valence-corrected chi connectivity index (χ2v) is 4.58. The number of carbonyl (C=O) groups excluding carboxylic acids is 1. The number of halogens is 2. The minimum Gasteiger partial charge on any atom is -0.310 e. The average Bonchev–Trinajstić information content (AvgIpc) is 2.26. The molecule has 84 valence electrons. The van der Waals surface area contributed by atoms with Crippen LogP contribution in [-0.2, 0) is 4.79 Å². The van der Waals surface area contributed by atoms with Gasteiger partial charge in [-0.3, -0.25) is 4.79 Å². The largest absolute Gasteiger partial charge is 0.310 e. The lowest BCUT2D eigenvalue weighted by Gasteiger charge is -2.27. The third-order valence-corrected chi connectivity index (χ3v) is 2.75. The zero-order valence-corrected chi connectivity index (χ0v) is 10.1. The van der Waals surface area contributed by atoms with Crippen LogP contribution in [0.4, 0.5) is 0 Å². The van der Waals surface area contributed by atoms with Crippen molar-refractivity contribution in [2.24, 2.45) is 0 Å². The molecule has 0 aromatic heterocycles. The molecule has 4 heteroatoms. The van der Waals surface area contributed by atoms with Crippen molar-refractivity contribution in [3.8, 4) is 0 Å². The molecule has 0 saturated carbocycles. The van der Waals surface area contributed by atoms with Crippen LogP contribution >= 0.6 is 23.2 Å². The quantitative estimate of drug-likeness (QED) is 0.552. The molecule has 0 aromatic carbocycles. The Morgan fingerprint density at radius 1 is 1.60 bits per heavy atom. The number of hydrogen-bond acceptors (Lipinski definition) is 1. The van der Waals surface area contributed by atoms with E-state index >= 15 is 0 Å². The van der Waals surface area contributed by atoms with Crippen LogP contribution in [0, 0.1) is 0 Å². The number of allylic oxidation sites excluding steroid dienone is 2. The van der Waals surface area contributed by atoms with E-state index in [1.807, 2.05) is 0 Å². The molecule has 2 nitrogen and oxygen atoms in total. The topological polar surface area (TPSA) is 20.3 Å². The summed E-state index contributed by atoms with van der Waals surface area (Å²) >= 11 is 11.2. The fourth-order valence-electron chi connectivity index (χ4n) is 1.66. The van der Waals surface area contributed by atoms with Crippen molar-refractivity contribution in [2.45, 2.75) is 30.5 Å². The SMILES string of the molecule is C=CCN(C(=O)C(Cl)Cl)C1=CCCCC1. The van der Waals surface area contributed by atoms with Crippen LogP contribution in [0.3, 0.4) is 0 Å². The van der Waals surface area contributed by atoms with E-state index in [-0.39, 0.29) is 5.91 Å². The number of hydrogen-bond donors (Lipinski definition) is 0. The van der Waals surface area contributed by atoms with Crippen LogP contribution in [0.5, 0.6) is 0 Å². The van der Waals surface area contributed by atoms with Gasteiger partial charge in [-0.1, -0.05) is 35.4 Å². The molecule has 0 N–H and O–H groups in total. The van der Waals surface area contributed by atoms with Gasteiger partial charge in [0, 0.05) is 12.2 Å². The standard InChI is InChI=1S/C11H15Cl2NO/c1-2-8-14(11(15)10(12)13)9-6-4-3-5-7-9/h2,6,10H,1,3-5,7-8H2. The molecule has 0 atom stereocenters. The molecular formula is C11H15Cl2NO. The Labute approximate surface area is 101 Å². The number of rotatable bonds is 4. The fraction of sp³-hybridized carbons (Fsp3) is 0.545. The lowest BCUT2D eigenvalue weighted by atomic mass is 10.0. The van der Waals surface area contributed by atoms with E-state index in [0.29, 0.717) is 6.54 Å². The molecule has 1 amide bonds. The van der Waals surface area contributed by atoms with Crippen LogP contribution in [0.15, 0.2) is 24.4 Å². The maximum absolute atomic E-state index is 11.7. The third-order valence-electron chi connectivity index (χ3n) is 2.38.